The maximum absolute atomic E-state index is 13.3. The molecule has 0 saturated carbocycles. The predicted molar refractivity (Wildman–Crippen MR) is 133 cm³/mol. The summed E-state index contributed by atoms with van der Waals surface area (Å²) in [5, 5.41) is 24.0. The third-order valence-electron chi connectivity index (χ3n) is 6.69. The molecular weight excluding hydrogens is 446 g/mol. The Labute approximate surface area is 204 Å². The van der Waals surface area contributed by atoms with Crippen LogP contribution in [0.4, 0.5) is 10.6 Å². The monoisotopic (exact) mass is 477 g/mol. The molecule has 35 heavy (non-hydrogen) atoms. The zero-order chi connectivity index (χ0) is 25.3. The first-order chi connectivity index (χ1) is 16.7. The fourth-order valence-electron chi connectivity index (χ4n) is 4.91. The molecular formula is C26H31N5O4. The van der Waals surface area contributed by atoms with E-state index in [-0.39, 0.29) is 11.6 Å². The molecule has 3 aromatic rings. The van der Waals surface area contributed by atoms with Crippen molar-refractivity contribution in [3.8, 4) is 5.69 Å². The number of para-hydroxylation sites is 1. The van der Waals surface area contributed by atoms with E-state index < -0.39 is 29.7 Å². The number of carbonyl (C=O) groups excluding carboxylic acids is 2. The first-order valence-corrected chi connectivity index (χ1v) is 11.5. The predicted octanol–water partition coefficient (Wildman–Crippen LogP) is 3.07. The number of hydrogen-bond acceptors (Lipinski definition) is 5. The second-order valence-corrected chi connectivity index (χ2v) is 9.18. The van der Waals surface area contributed by atoms with E-state index in [2.05, 4.69) is 21.0 Å². The highest BCUT2D eigenvalue weighted by Crippen LogP contribution is 2.43. The van der Waals surface area contributed by atoms with Crippen molar-refractivity contribution in [3.63, 3.8) is 0 Å². The lowest BCUT2D eigenvalue weighted by molar-refractivity contribution is -0.0730. The van der Waals surface area contributed by atoms with Gasteiger partial charge in [-0.25, -0.2) is 9.48 Å². The molecule has 9 heteroatoms. The van der Waals surface area contributed by atoms with Crippen LogP contribution in [0, 0.1) is 6.92 Å². The van der Waals surface area contributed by atoms with Gasteiger partial charge in [0, 0.05) is 25.1 Å². The van der Waals surface area contributed by atoms with Gasteiger partial charge >= 0.3 is 6.03 Å². The normalized spacial score (nSPS) is 20.6. The molecule has 1 unspecified atom stereocenters. The lowest BCUT2D eigenvalue weighted by Crippen LogP contribution is -2.55. The molecule has 0 radical (unpaired) electrons. The third-order valence-corrected chi connectivity index (χ3v) is 6.69. The van der Waals surface area contributed by atoms with Crippen LogP contribution < -0.4 is 16.0 Å². The first-order valence-electron chi connectivity index (χ1n) is 11.5. The van der Waals surface area contributed by atoms with Crippen LogP contribution in [0.25, 0.3) is 5.69 Å². The van der Waals surface area contributed by atoms with E-state index >= 15 is 0 Å². The zero-order valence-corrected chi connectivity index (χ0v) is 20.5. The number of ether oxygens (including phenoxy) is 1. The maximum Gasteiger partial charge on any atom is 0.320 e. The number of rotatable bonds is 5. The number of nitrogens with one attached hydrogen (secondary N) is 3. The SMILES string of the molecule is CNC(=O)c1nn(-c2ccccc2)c(NC(=O)NC2c3ccccc3C(C)(C)[C@H](OC)[C@H]2O)c1C. The molecule has 2 aromatic carbocycles. The molecule has 3 amide bonds. The van der Waals surface area contributed by atoms with Crippen LogP contribution in [-0.2, 0) is 10.2 Å². The number of aliphatic hydroxyl groups excluding tert-OH is 1. The van der Waals surface area contributed by atoms with Crippen LogP contribution >= 0.6 is 0 Å². The highest BCUT2D eigenvalue weighted by Gasteiger charge is 2.47. The molecule has 9 nitrogen and oxygen atoms in total. The molecule has 4 N–H and O–H groups in total. The van der Waals surface area contributed by atoms with Gasteiger partial charge in [-0.1, -0.05) is 56.3 Å². The molecule has 1 aliphatic carbocycles. The Balaban J connectivity index is 1.68. The van der Waals surface area contributed by atoms with Gasteiger partial charge in [0.05, 0.1) is 17.8 Å². The molecule has 0 fully saturated rings. The minimum Gasteiger partial charge on any atom is -0.388 e. The van der Waals surface area contributed by atoms with E-state index in [1.54, 1.807) is 14.0 Å². The van der Waals surface area contributed by atoms with Crippen molar-refractivity contribution in [3.05, 3.63) is 77.0 Å². The largest absolute Gasteiger partial charge is 0.388 e. The van der Waals surface area contributed by atoms with Crippen LogP contribution in [0.3, 0.4) is 0 Å². The summed E-state index contributed by atoms with van der Waals surface area (Å²) in [5.74, 6) is -0.00283. The summed E-state index contributed by atoms with van der Waals surface area (Å²) in [5.41, 5.74) is 2.78. The lowest BCUT2D eigenvalue weighted by Gasteiger charge is -2.46. The van der Waals surface area contributed by atoms with Crippen LogP contribution in [0.5, 0.6) is 0 Å². The van der Waals surface area contributed by atoms with Crippen LogP contribution in [-0.4, -0.2) is 53.2 Å². The number of aliphatic hydroxyl groups is 1. The number of amides is 3. The Morgan fingerprint density at radius 3 is 2.40 bits per heavy atom. The molecule has 0 spiro atoms. The Hall–Kier alpha value is -3.69. The van der Waals surface area contributed by atoms with E-state index in [1.807, 2.05) is 68.4 Å². The van der Waals surface area contributed by atoms with Gasteiger partial charge in [0.1, 0.15) is 11.9 Å². The van der Waals surface area contributed by atoms with Crippen molar-refractivity contribution in [1.82, 2.24) is 20.4 Å². The van der Waals surface area contributed by atoms with Crippen molar-refractivity contribution in [2.24, 2.45) is 0 Å². The standard InChI is InChI=1S/C26H31N5O4/c1-15-19(24(33)27-4)30-31(16-11-7-6-8-12-16)23(15)29-25(34)28-20-17-13-9-10-14-18(17)26(2,3)22(35-5)21(20)32/h6-14,20-22,32H,1-5H3,(H,27,33)(H2,28,29,34)/t20?,21-,22+/m0/s1. The highest BCUT2D eigenvalue weighted by molar-refractivity contribution is 5.97. The minimum atomic E-state index is -0.975. The summed E-state index contributed by atoms with van der Waals surface area (Å²) in [6.07, 6.45) is -1.50. The Morgan fingerprint density at radius 2 is 1.74 bits per heavy atom. The lowest BCUT2D eigenvalue weighted by atomic mass is 9.67. The quantitative estimate of drug-likeness (QED) is 0.451. The smallest absolute Gasteiger partial charge is 0.320 e. The van der Waals surface area contributed by atoms with Gasteiger partial charge in [0.15, 0.2) is 5.69 Å². The number of fused-ring (bicyclic) bond motifs is 1. The van der Waals surface area contributed by atoms with Crippen molar-refractivity contribution in [2.75, 3.05) is 19.5 Å². The molecule has 0 saturated heterocycles. The molecule has 0 bridgehead atoms. The first kappa shape index (κ1) is 24.4. The highest BCUT2D eigenvalue weighted by atomic mass is 16.5. The number of carbonyl (C=O) groups is 2. The van der Waals surface area contributed by atoms with Gasteiger partial charge in [-0.05, 0) is 30.2 Å². The van der Waals surface area contributed by atoms with Crippen molar-refractivity contribution < 1.29 is 19.4 Å². The molecule has 4 rings (SSSR count). The molecule has 0 aliphatic heterocycles. The summed E-state index contributed by atoms with van der Waals surface area (Å²) < 4.78 is 7.18. The molecule has 184 valence electrons. The zero-order valence-electron chi connectivity index (χ0n) is 20.5. The average Bonchev–Trinajstić information content (AvgIpc) is 3.18. The fourth-order valence-corrected chi connectivity index (χ4v) is 4.91. The molecule has 1 aliphatic rings. The van der Waals surface area contributed by atoms with Crippen LogP contribution in [0.1, 0.15) is 47.1 Å². The Morgan fingerprint density at radius 1 is 1.09 bits per heavy atom. The maximum atomic E-state index is 13.3. The minimum absolute atomic E-state index is 0.205. The summed E-state index contributed by atoms with van der Waals surface area (Å²) in [6.45, 7) is 5.75. The van der Waals surface area contributed by atoms with Gasteiger partial charge in [-0.3, -0.25) is 10.1 Å². The van der Waals surface area contributed by atoms with Gasteiger partial charge in [0.25, 0.3) is 5.91 Å². The Bertz CT molecular complexity index is 1240. The van der Waals surface area contributed by atoms with Crippen LogP contribution in [0.2, 0.25) is 0 Å². The van der Waals surface area contributed by atoms with Gasteiger partial charge < -0.3 is 20.5 Å². The van der Waals surface area contributed by atoms with E-state index in [4.69, 9.17) is 4.74 Å². The number of urea groups is 1. The topological polar surface area (TPSA) is 118 Å². The number of anilines is 1. The van der Waals surface area contributed by atoms with Crippen molar-refractivity contribution in [1.29, 1.82) is 0 Å². The number of aromatic nitrogens is 2. The van der Waals surface area contributed by atoms with E-state index in [0.29, 0.717) is 17.1 Å². The number of benzene rings is 2. The fraction of sp³-hybridized carbons (Fsp3) is 0.346. The second-order valence-electron chi connectivity index (χ2n) is 9.18. The third kappa shape index (κ3) is 4.28. The van der Waals surface area contributed by atoms with E-state index in [0.717, 1.165) is 11.1 Å². The molecule has 1 aromatic heterocycles. The van der Waals surface area contributed by atoms with Gasteiger partial charge in [-0.2, -0.15) is 5.10 Å². The molecule has 3 atom stereocenters. The summed E-state index contributed by atoms with van der Waals surface area (Å²) >= 11 is 0. The summed E-state index contributed by atoms with van der Waals surface area (Å²) in [7, 11) is 3.08. The van der Waals surface area contributed by atoms with Crippen molar-refractivity contribution >= 4 is 17.8 Å². The van der Waals surface area contributed by atoms with Crippen LogP contribution in [0.15, 0.2) is 54.6 Å². The van der Waals surface area contributed by atoms with Crippen molar-refractivity contribution in [2.45, 2.75) is 44.4 Å². The summed E-state index contributed by atoms with van der Waals surface area (Å²) in [6, 6.07) is 15.7. The van der Waals surface area contributed by atoms with Gasteiger partial charge in [0.2, 0.25) is 0 Å². The number of hydrogen-bond donors (Lipinski definition) is 4. The van der Waals surface area contributed by atoms with E-state index in [1.165, 1.54) is 11.7 Å². The number of methoxy groups -OCH3 is 1. The average molecular weight is 478 g/mol. The second kappa shape index (κ2) is 9.52. The molecule has 1 heterocycles. The Kier molecular flexibility index (Phi) is 6.64. The van der Waals surface area contributed by atoms with Gasteiger partial charge in [-0.15, -0.1) is 0 Å². The van der Waals surface area contributed by atoms with E-state index in [9.17, 15) is 14.7 Å². The summed E-state index contributed by atoms with van der Waals surface area (Å²) in [4.78, 5) is 25.6. The number of nitrogens with zero attached hydrogens (tertiary/aromatic N) is 2.